The Morgan fingerprint density at radius 1 is 1.56 bits per heavy atom. The third-order valence-corrected chi connectivity index (χ3v) is 2.06. The van der Waals surface area contributed by atoms with Crippen LogP contribution in [0.5, 0.6) is 0 Å². The molecule has 16 heavy (non-hydrogen) atoms. The second-order valence-corrected chi connectivity index (χ2v) is 3.39. The number of pyridine rings is 1. The highest BCUT2D eigenvalue weighted by Gasteiger charge is 2.06. The molecule has 5 nitrogen and oxygen atoms in total. The molecule has 0 saturated carbocycles. The number of methoxy groups -OCH3 is 1. The van der Waals surface area contributed by atoms with Crippen LogP contribution in [0.15, 0.2) is 24.5 Å². The smallest absolute Gasteiger partial charge is 0.251 e. The molecule has 0 bridgehead atoms. The van der Waals surface area contributed by atoms with Gasteiger partial charge < -0.3 is 15.2 Å². The number of nitrogens with zero attached hydrogens (tertiary/aromatic N) is 1. The van der Waals surface area contributed by atoms with Crippen LogP contribution in [0.2, 0.25) is 0 Å². The summed E-state index contributed by atoms with van der Waals surface area (Å²) in [7, 11) is 1.53. The molecular weight excluding hydrogens is 208 g/mol. The maximum Gasteiger partial charge on any atom is 0.251 e. The predicted octanol–water partition coefficient (Wildman–Crippen LogP) is 0.209. The summed E-state index contributed by atoms with van der Waals surface area (Å²) >= 11 is 0. The summed E-state index contributed by atoms with van der Waals surface area (Å²) < 4.78 is 4.77. The van der Waals surface area contributed by atoms with Gasteiger partial charge in [0.1, 0.15) is 0 Å². The van der Waals surface area contributed by atoms with Crippen molar-refractivity contribution in [3.8, 4) is 0 Å². The van der Waals surface area contributed by atoms with Crippen molar-refractivity contribution >= 4 is 5.91 Å². The van der Waals surface area contributed by atoms with Crippen molar-refractivity contribution in [2.24, 2.45) is 0 Å². The van der Waals surface area contributed by atoms with Crippen LogP contribution < -0.4 is 5.32 Å². The van der Waals surface area contributed by atoms with Crippen molar-refractivity contribution in [1.82, 2.24) is 10.3 Å². The van der Waals surface area contributed by atoms with Crippen LogP contribution in [0, 0.1) is 0 Å². The van der Waals surface area contributed by atoms with E-state index in [4.69, 9.17) is 4.74 Å². The van der Waals surface area contributed by atoms with Crippen LogP contribution in [0.4, 0.5) is 0 Å². The molecule has 1 atom stereocenters. The third kappa shape index (κ3) is 4.37. The second-order valence-electron chi connectivity index (χ2n) is 3.39. The Morgan fingerprint density at radius 2 is 2.25 bits per heavy atom. The van der Waals surface area contributed by atoms with Crippen LogP contribution in [-0.4, -0.2) is 42.4 Å². The van der Waals surface area contributed by atoms with Crippen molar-refractivity contribution in [2.45, 2.75) is 12.5 Å². The number of aliphatic hydroxyl groups excluding tert-OH is 1. The first-order valence-electron chi connectivity index (χ1n) is 5.09. The van der Waals surface area contributed by atoms with Crippen molar-refractivity contribution in [1.29, 1.82) is 0 Å². The van der Waals surface area contributed by atoms with Gasteiger partial charge in [-0.25, -0.2) is 0 Å². The highest BCUT2D eigenvalue weighted by molar-refractivity contribution is 5.93. The lowest BCUT2D eigenvalue weighted by molar-refractivity contribution is 0.0587. The van der Waals surface area contributed by atoms with Gasteiger partial charge in [0.15, 0.2) is 0 Å². The number of carbonyl (C=O) groups is 1. The van der Waals surface area contributed by atoms with Gasteiger partial charge in [-0.05, 0) is 18.6 Å². The van der Waals surface area contributed by atoms with Crippen molar-refractivity contribution in [2.75, 3.05) is 20.3 Å². The molecule has 1 amide bonds. The number of ether oxygens (including phenoxy) is 1. The van der Waals surface area contributed by atoms with Gasteiger partial charge in [-0.3, -0.25) is 9.78 Å². The van der Waals surface area contributed by atoms with Gasteiger partial charge >= 0.3 is 0 Å². The lowest BCUT2D eigenvalue weighted by Gasteiger charge is -2.09. The number of aliphatic hydroxyl groups is 1. The predicted molar refractivity (Wildman–Crippen MR) is 59.1 cm³/mol. The Kier molecular flexibility index (Phi) is 5.45. The molecule has 0 aliphatic heterocycles. The van der Waals surface area contributed by atoms with Crippen molar-refractivity contribution in [3.05, 3.63) is 30.1 Å². The molecular formula is C11H16N2O3. The zero-order chi connectivity index (χ0) is 11.8. The minimum atomic E-state index is -0.539. The largest absolute Gasteiger partial charge is 0.391 e. The van der Waals surface area contributed by atoms with E-state index in [1.807, 2.05) is 0 Å². The second kappa shape index (κ2) is 6.92. The molecule has 1 unspecified atom stereocenters. The number of hydrogen-bond donors (Lipinski definition) is 2. The first-order valence-corrected chi connectivity index (χ1v) is 5.09. The van der Waals surface area contributed by atoms with Gasteiger partial charge in [0, 0.05) is 31.6 Å². The molecule has 1 aromatic rings. The summed E-state index contributed by atoms with van der Waals surface area (Å²) in [5, 5.41) is 12.1. The monoisotopic (exact) mass is 224 g/mol. The van der Waals surface area contributed by atoms with Crippen LogP contribution in [0.25, 0.3) is 0 Å². The number of rotatable bonds is 6. The van der Waals surface area contributed by atoms with Gasteiger partial charge in [-0.2, -0.15) is 0 Å². The first kappa shape index (κ1) is 12.6. The minimum Gasteiger partial charge on any atom is -0.391 e. The molecule has 0 fully saturated rings. The number of amides is 1. The first-order chi connectivity index (χ1) is 7.74. The summed E-state index contributed by atoms with van der Waals surface area (Å²) in [6.45, 7) is 0.705. The van der Waals surface area contributed by atoms with Gasteiger partial charge in [0.05, 0.1) is 12.7 Å². The molecule has 88 valence electrons. The van der Waals surface area contributed by atoms with Crippen LogP contribution in [0.1, 0.15) is 16.8 Å². The lowest BCUT2D eigenvalue weighted by atomic mass is 10.2. The number of aromatic nitrogens is 1. The number of nitrogens with one attached hydrogen (secondary N) is 1. The van der Waals surface area contributed by atoms with Gasteiger partial charge in [0.25, 0.3) is 5.91 Å². The molecule has 5 heteroatoms. The number of hydrogen-bond acceptors (Lipinski definition) is 4. The van der Waals surface area contributed by atoms with Crippen LogP contribution in [-0.2, 0) is 4.74 Å². The zero-order valence-electron chi connectivity index (χ0n) is 9.22. The Bertz CT molecular complexity index is 316. The van der Waals surface area contributed by atoms with E-state index in [-0.39, 0.29) is 12.5 Å². The van der Waals surface area contributed by atoms with Gasteiger partial charge in [0.2, 0.25) is 0 Å². The molecule has 1 aromatic heterocycles. The Labute approximate surface area is 94.5 Å². The fourth-order valence-corrected chi connectivity index (χ4v) is 1.23. The molecule has 2 N–H and O–H groups in total. The summed E-state index contributed by atoms with van der Waals surface area (Å²) in [5.41, 5.74) is 0.566. The Morgan fingerprint density at radius 3 is 2.88 bits per heavy atom. The van der Waals surface area contributed by atoms with Crippen molar-refractivity contribution < 1.29 is 14.6 Å². The average Bonchev–Trinajstić information content (AvgIpc) is 2.30. The average molecular weight is 224 g/mol. The van der Waals surface area contributed by atoms with E-state index in [1.54, 1.807) is 24.5 Å². The molecule has 0 aliphatic rings. The minimum absolute atomic E-state index is 0.160. The van der Waals surface area contributed by atoms with Gasteiger partial charge in [-0.1, -0.05) is 0 Å². The molecule has 0 saturated heterocycles. The maximum atomic E-state index is 11.5. The fourth-order valence-electron chi connectivity index (χ4n) is 1.23. The summed E-state index contributed by atoms with van der Waals surface area (Å²) in [6, 6.07) is 3.28. The summed E-state index contributed by atoms with van der Waals surface area (Å²) in [4.78, 5) is 15.4. The zero-order valence-corrected chi connectivity index (χ0v) is 9.22. The molecule has 1 heterocycles. The van der Waals surface area contributed by atoms with Crippen molar-refractivity contribution in [3.63, 3.8) is 0 Å². The standard InChI is InChI=1S/C11H16N2O3/c1-16-8-10(14)4-7-13-11(15)9-2-5-12-6-3-9/h2-3,5-6,10,14H,4,7-8H2,1H3,(H,13,15). The SMILES string of the molecule is COCC(O)CCNC(=O)c1ccncc1. The number of carbonyl (C=O) groups excluding carboxylic acids is 1. The Hall–Kier alpha value is -1.46. The van der Waals surface area contributed by atoms with E-state index in [1.165, 1.54) is 7.11 Å². The third-order valence-electron chi connectivity index (χ3n) is 2.06. The Balaban J connectivity index is 2.26. The normalized spacial score (nSPS) is 12.1. The molecule has 1 rings (SSSR count). The van der Waals surface area contributed by atoms with E-state index < -0.39 is 6.10 Å². The van der Waals surface area contributed by atoms with Crippen LogP contribution >= 0.6 is 0 Å². The lowest BCUT2D eigenvalue weighted by Crippen LogP contribution is -2.28. The quantitative estimate of drug-likeness (QED) is 0.724. The highest BCUT2D eigenvalue weighted by atomic mass is 16.5. The van der Waals surface area contributed by atoms with E-state index in [0.29, 0.717) is 18.5 Å². The topological polar surface area (TPSA) is 71.5 Å². The molecule has 0 spiro atoms. The van der Waals surface area contributed by atoms with E-state index >= 15 is 0 Å². The molecule has 0 aliphatic carbocycles. The van der Waals surface area contributed by atoms with Gasteiger partial charge in [-0.15, -0.1) is 0 Å². The summed E-state index contributed by atoms with van der Waals surface area (Å²) in [5.74, 6) is -0.160. The van der Waals surface area contributed by atoms with E-state index in [2.05, 4.69) is 10.3 Å². The summed E-state index contributed by atoms with van der Waals surface area (Å²) in [6.07, 6.45) is 3.07. The highest BCUT2D eigenvalue weighted by Crippen LogP contribution is 1.96. The molecule has 0 radical (unpaired) electrons. The fraction of sp³-hybridized carbons (Fsp3) is 0.455. The van der Waals surface area contributed by atoms with E-state index in [0.717, 1.165) is 0 Å². The maximum absolute atomic E-state index is 11.5. The molecule has 0 aromatic carbocycles. The van der Waals surface area contributed by atoms with E-state index in [9.17, 15) is 9.90 Å². The van der Waals surface area contributed by atoms with Crippen LogP contribution in [0.3, 0.4) is 0 Å².